The van der Waals surface area contributed by atoms with Crippen molar-refractivity contribution in [3.05, 3.63) is 24.3 Å². The van der Waals surface area contributed by atoms with Crippen molar-refractivity contribution in [3.8, 4) is 0 Å². The van der Waals surface area contributed by atoms with Crippen LogP contribution in [0.2, 0.25) is 0 Å². The molecule has 0 radical (unpaired) electrons. The number of allylic oxidation sites excluding steroid dienone is 4. The van der Waals surface area contributed by atoms with Crippen molar-refractivity contribution in [1.82, 2.24) is 0 Å². The molecule has 0 fully saturated rings. The quantitative estimate of drug-likeness (QED) is 0.319. The minimum absolute atomic E-state index is 0.614. The van der Waals surface area contributed by atoms with Crippen LogP contribution in [0.3, 0.4) is 0 Å². The molecule has 0 nitrogen and oxygen atoms in total. The summed E-state index contributed by atoms with van der Waals surface area (Å²) < 4.78 is 0. The fraction of sp³-hybridized carbons (Fsp3) is 0.750. The van der Waals surface area contributed by atoms with E-state index >= 15 is 0 Å². The molecule has 0 aromatic heterocycles. The average molecular weight is 222 g/mol. The van der Waals surface area contributed by atoms with Gasteiger partial charge in [0.1, 0.15) is 0 Å². The second-order valence-corrected chi connectivity index (χ2v) is 4.71. The highest BCUT2D eigenvalue weighted by Gasteiger charge is 1.89. The van der Waals surface area contributed by atoms with Crippen molar-refractivity contribution in [2.75, 3.05) is 0 Å². The zero-order valence-electron chi connectivity index (χ0n) is 11.5. The van der Waals surface area contributed by atoms with Gasteiger partial charge in [0.05, 0.1) is 0 Å². The maximum absolute atomic E-state index is 2.35. The molecule has 0 aromatic rings. The molecule has 0 aliphatic rings. The van der Waals surface area contributed by atoms with E-state index in [1.807, 2.05) is 0 Å². The summed E-state index contributed by atoms with van der Waals surface area (Å²) in [7, 11) is 0. The summed E-state index contributed by atoms with van der Waals surface area (Å²) in [6.07, 6.45) is 19.9. The first kappa shape index (κ1) is 15.5. The summed E-state index contributed by atoms with van der Waals surface area (Å²) in [6.45, 7) is 6.78. The standard InChI is InChI=1S/C16H30/c1-4-6-8-10-11-13-15-16(3)14-12-9-7-5-2/h12-16H,4-11H2,1-3H3. The monoisotopic (exact) mass is 222 g/mol. The predicted molar refractivity (Wildman–Crippen MR) is 75.7 cm³/mol. The fourth-order valence-corrected chi connectivity index (χ4v) is 1.70. The number of unbranched alkanes of at least 4 members (excludes halogenated alkanes) is 6. The van der Waals surface area contributed by atoms with Crippen LogP contribution >= 0.6 is 0 Å². The Hall–Kier alpha value is -0.520. The average Bonchev–Trinajstić information content (AvgIpc) is 2.29. The number of hydrogen-bond donors (Lipinski definition) is 0. The minimum atomic E-state index is 0.614. The van der Waals surface area contributed by atoms with Crippen LogP contribution in [0.4, 0.5) is 0 Å². The summed E-state index contributed by atoms with van der Waals surface area (Å²) >= 11 is 0. The molecule has 0 aromatic carbocycles. The maximum atomic E-state index is 2.35. The molecule has 0 heterocycles. The van der Waals surface area contributed by atoms with Gasteiger partial charge in [-0.3, -0.25) is 0 Å². The third-order valence-corrected chi connectivity index (χ3v) is 2.83. The second-order valence-electron chi connectivity index (χ2n) is 4.71. The molecule has 1 unspecified atom stereocenters. The lowest BCUT2D eigenvalue weighted by Crippen LogP contribution is -1.82. The highest BCUT2D eigenvalue weighted by molar-refractivity contribution is 4.98. The van der Waals surface area contributed by atoms with E-state index in [-0.39, 0.29) is 0 Å². The molecule has 0 aliphatic carbocycles. The Morgan fingerprint density at radius 1 is 0.750 bits per heavy atom. The first-order valence-corrected chi connectivity index (χ1v) is 7.14. The Morgan fingerprint density at radius 2 is 1.31 bits per heavy atom. The molecule has 1 atom stereocenters. The van der Waals surface area contributed by atoms with Crippen LogP contribution in [0.1, 0.15) is 72.1 Å². The van der Waals surface area contributed by atoms with Gasteiger partial charge in [0, 0.05) is 0 Å². The Morgan fingerprint density at radius 3 is 1.88 bits per heavy atom. The Bertz CT molecular complexity index is 176. The van der Waals surface area contributed by atoms with E-state index in [0.717, 1.165) is 0 Å². The van der Waals surface area contributed by atoms with Gasteiger partial charge in [0.25, 0.3) is 0 Å². The SMILES string of the molecule is CCCCC=CC(C)C=CCCCCCC. The van der Waals surface area contributed by atoms with Crippen LogP contribution < -0.4 is 0 Å². The molecule has 94 valence electrons. The van der Waals surface area contributed by atoms with Gasteiger partial charge in [-0.2, -0.15) is 0 Å². The van der Waals surface area contributed by atoms with Crippen LogP contribution in [0, 0.1) is 5.92 Å². The van der Waals surface area contributed by atoms with Crippen molar-refractivity contribution < 1.29 is 0 Å². The van der Waals surface area contributed by atoms with E-state index in [2.05, 4.69) is 45.1 Å². The molecule has 16 heavy (non-hydrogen) atoms. The summed E-state index contributed by atoms with van der Waals surface area (Å²) in [5.41, 5.74) is 0. The highest BCUT2D eigenvalue weighted by atomic mass is 14.0. The lowest BCUT2D eigenvalue weighted by Gasteiger charge is -1.98. The Balaban J connectivity index is 3.42. The van der Waals surface area contributed by atoms with Crippen LogP contribution in [-0.4, -0.2) is 0 Å². The first-order valence-electron chi connectivity index (χ1n) is 7.14. The summed E-state index contributed by atoms with van der Waals surface area (Å²) in [5.74, 6) is 0.614. The largest absolute Gasteiger partial charge is 0.0880 e. The van der Waals surface area contributed by atoms with E-state index in [9.17, 15) is 0 Å². The maximum Gasteiger partial charge on any atom is -0.00819 e. The van der Waals surface area contributed by atoms with E-state index in [4.69, 9.17) is 0 Å². The summed E-state index contributed by atoms with van der Waals surface area (Å²) in [6, 6.07) is 0. The Labute approximate surface area is 103 Å². The van der Waals surface area contributed by atoms with Crippen molar-refractivity contribution in [3.63, 3.8) is 0 Å². The molecule has 0 amide bonds. The van der Waals surface area contributed by atoms with Gasteiger partial charge in [0.15, 0.2) is 0 Å². The zero-order valence-corrected chi connectivity index (χ0v) is 11.5. The third kappa shape index (κ3) is 11.6. The van der Waals surface area contributed by atoms with Crippen LogP contribution in [0.15, 0.2) is 24.3 Å². The molecule has 0 N–H and O–H groups in total. The molecule has 0 heteroatoms. The van der Waals surface area contributed by atoms with Crippen LogP contribution in [-0.2, 0) is 0 Å². The zero-order chi connectivity index (χ0) is 12.1. The van der Waals surface area contributed by atoms with Gasteiger partial charge >= 0.3 is 0 Å². The molecule has 0 bridgehead atoms. The van der Waals surface area contributed by atoms with Crippen LogP contribution in [0.25, 0.3) is 0 Å². The number of hydrogen-bond acceptors (Lipinski definition) is 0. The van der Waals surface area contributed by atoms with Crippen molar-refractivity contribution >= 4 is 0 Å². The van der Waals surface area contributed by atoms with Gasteiger partial charge < -0.3 is 0 Å². The Kier molecular flexibility index (Phi) is 12.1. The van der Waals surface area contributed by atoms with Gasteiger partial charge in [0.2, 0.25) is 0 Å². The lowest BCUT2D eigenvalue weighted by atomic mass is 10.1. The minimum Gasteiger partial charge on any atom is -0.0880 e. The summed E-state index contributed by atoms with van der Waals surface area (Å²) in [5, 5.41) is 0. The molecule has 0 saturated carbocycles. The predicted octanol–water partition coefficient (Wildman–Crippen LogP) is 5.90. The van der Waals surface area contributed by atoms with Crippen molar-refractivity contribution in [2.45, 2.75) is 72.1 Å². The topological polar surface area (TPSA) is 0 Å². The van der Waals surface area contributed by atoms with Gasteiger partial charge in [-0.15, -0.1) is 0 Å². The lowest BCUT2D eigenvalue weighted by molar-refractivity contribution is 0.673. The van der Waals surface area contributed by atoms with E-state index in [1.165, 1.54) is 51.4 Å². The molecule has 0 spiro atoms. The van der Waals surface area contributed by atoms with Crippen LogP contribution in [0.5, 0.6) is 0 Å². The fourth-order valence-electron chi connectivity index (χ4n) is 1.70. The molecule has 0 saturated heterocycles. The summed E-state index contributed by atoms with van der Waals surface area (Å²) in [4.78, 5) is 0. The highest BCUT2D eigenvalue weighted by Crippen LogP contribution is 2.06. The van der Waals surface area contributed by atoms with Gasteiger partial charge in [-0.05, 0) is 25.2 Å². The molecular weight excluding hydrogens is 192 g/mol. The molecule has 0 rings (SSSR count). The van der Waals surface area contributed by atoms with Gasteiger partial charge in [-0.25, -0.2) is 0 Å². The van der Waals surface area contributed by atoms with E-state index in [1.54, 1.807) is 0 Å². The second kappa shape index (κ2) is 12.5. The van der Waals surface area contributed by atoms with E-state index in [0.29, 0.717) is 5.92 Å². The van der Waals surface area contributed by atoms with Crippen molar-refractivity contribution in [2.24, 2.45) is 5.92 Å². The van der Waals surface area contributed by atoms with E-state index < -0.39 is 0 Å². The normalized spacial score (nSPS) is 13.9. The van der Waals surface area contributed by atoms with Gasteiger partial charge in [-0.1, -0.05) is 77.2 Å². The molecular formula is C16H30. The molecule has 0 aliphatic heterocycles. The van der Waals surface area contributed by atoms with Crippen molar-refractivity contribution in [1.29, 1.82) is 0 Å². The number of rotatable bonds is 10. The third-order valence-electron chi connectivity index (χ3n) is 2.83. The first-order chi connectivity index (χ1) is 7.81. The smallest absolute Gasteiger partial charge is 0.00819 e.